The molecule has 2 aromatic carbocycles. The molecule has 158 valence electrons. The molecule has 5 nitrogen and oxygen atoms in total. The molecule has 4 rings (SSSR count). The molecule has 1 aliphatic rings. The summed E-state index contributed by atoms with van der Waals surface area (Å²) in [6, 6.07) is 15.6. The molecule has 7 heteroatoms. The molecule has 0 spiro atoms. The topological polar surface area (TPSA) is 58.6 Å². The summed E-state index contributed by atoms with van der Waals surface area (Å²) in [6.07, 6.45) is 0.973. The Morgan fingerprint density at radius 1 is 1.17 bits per heavy atom. The molecule has 30 heavy (non-hydrogen) atoms. The van der Waals surface area contributed by atoms with E-state index in [2.05, 4.69) is 45.3 Å². The van der Waals surface area contributed by atoms with Gasteiger partial charge in [-0.25, -0.2) is 13.1 Å². The first-order valence-electron chi connectivity index (χ1n) is 9.95. The van der Waals surface area contributed by atoms with Crippen LogP contribution in [0, 0.1) is 6.92 Å². The second-order valence-corrected chi connectivity index (χ2v) is 10.1. The van der Waals surface area contributed by atoms with Crippen molar-refractivity contribution < 1.29 is 13.2 Å². The molecule has 0 saturated heterocycles. The molecule has 0 saturated carbocycles. The highest BCUT2D eigenvalue weighted by Crippen LogP contribution is 2.29. The molecule has 1 unspecified atom stereocenters. The first kappa shape index (κ1) is 21.1. The third kappa shape index (κ3) is 4.44. The zero-order chi connectivity index (χ0) is 21.1. The fourth-order valence-electron chi connectivity index (χ4n) is 4.02. The maximum absolute atomic E-state index is 13.0. The van der Waals surface area contributed by atoms with Gasteiger partial charge in [0.25, 0.3) is 0 Å². The van der Waals surface area contributed by atoms with Crippen LogP contribution >= 0.6 is 11.3 Å². The average Bonchev–Trinajstić information content (AvgIpc) is 3.28. The third-order valence-electron chi connectivity index (χ3n) is 5.67. The minimum Gasteiger partial charge on any atom is -0.497 e. The number of sulfonamides is 1. The van der Waals surface area contributed by atoms with Gasteiger partial charge in [0.2, 0.25) is 10.0 Å². The maximum Gasteiger partial charge on any atom is 0.240 e. The Balaban J connectivity index is 1.55. The molecule has 1 aromatic heterocycles. The monoisotopic (exact) mass is 442 g/mol. The highest BCUT2D eigenvalue weighted by Gasteiger charge is 2.27. The number of benzene rings is 2. The lowest BCUT2D eigenvalue weighted by Crippen LogP contribution is -2.40. The normalized spacial score (nSPS) is 15.5. The van der Waals surface area contributed by atoms with Crippen LogP contribution in [-0.4, -0.2) is 33.5 Å². The lowest BCUT2D eigenvalue weighted by molar-refractivity contribution is 0.181. The second-order valence-electron chi connectivity index (χ2n) is 7.54. The Morgan fingerprint density at radius 3 is 2.67 bits per heavy atom. The number of methoxy groups -OCH3 is 1. The lowest BCUT2D eigenvalue weighted by Gasteiger charge is -2.35. The van der Waals surface area contributed by atoms with Crippen LogP contribution in [-0.2, 0) is 23.0 Å². The number of rotatable bonds is 7. The van der Waals surface area contributed by atoms with Crippen molar-refractivity contribution >= 4 is 21.4 Å². The molecule has 0 aliphatic carbocycles. The third-order valence-corrected chi connectivity index (χ3v) is 7.95. The number of hydrogen-bond acceptors (Lipinski definition) is 5. The largest absolute Gasteiger partial charge is 0.497 e. The Morgan fingerprint density at radius 2 is 1.97 bits per heavy atom. The van der Waals surface area contributed by atoms with Crippen LogP contribution in [0.3, 0.4) is 0 Å². The van der Waals surface area contributed by atoms with Crippen LogP contribution in [0.2, 0.25) is 0 Å². The van der Waals surface area contributed by atoms with E-state index in [1.807, 2.05) is 5.38 Å². The molecule has 0 fully saturated rings. The summed E-state index contributed by atoms with van der Waals surface area (Å²) in [6.45, 7) is 3.84. The van der Waals surface area contributed by atoms with Crippen LogP contribution in [0.5, 0.6) is 5.75 Å². The van der Waals surface area contributed by atoms with Crippen molar-refractivity contribution in [2.24, 2.45) is 0 Å². The standard InChI is InChI=1S/C23H26N2O3S2/c1-17-13-21(28-2)7-8-23(17)30(26,27)24-14-22(20-10-12-29-16-20)25-11-9-18-5-3-4-6-19(18)15-25/h3-8,10,12-13,16,22,24H,9,11,14-15H2,1-2H3. The van der Waals surface area contributed by atoms with Crippen molar-refractivity contribution in [3.8, 4) is 5.75 Å². The minimum atomic E-state index is -3.63. The summed E-state index contributed by atoms with van der Waals surface area (Å²) >= 11 is 1.64. The first-order chi connectivity index (χ1) is 14.5. The fourth-order valence-corrected chi connectivity index (χ4v) is 5.99. The first-order valence-corrected chi connectivity index (χ1v) is 12.4. The quantitative estimate of drug-likeness (QED) is 0.597. The zero-order valence-electron chi connectivity index (χ0n) is 17.2. The van der Waals surface area contributed by atoms with Gasteiger partial charge in [-0.15, -0.1) is 0 Å². The summed E-state index contributed by atoms with van der Waals surface area (Å²) in [5.74, 6) is 0.648. The average molecular weight is 443 g/mol. The van der Waals surface area contributed by atoms with Gasteiger partial charge in [-0.2, -0.15) is 11.3 Å². The number of nitrogens with one attached hydrogen (secondary N) is 1. The predicted octanol–water partition coefficient (Wildman–Crippen LogP) is 4.14. The molecule has 2 heterocycles. The molecule has 0 bridgehead atoms. The van der Waals surface area contributed by atoms with Crippen molar-refractivity contribution in [1.29, 1.82) is 0 Å². The molecule has 0 radical (unpaired) electrons. The van der Waals surface area contributed by atoms with Crippen molar-refractivity contribution in [2.45, 2.75) is 30.8 Å². The van der Waals surface area contributed by atoms with Crippen LogP contribution in [0.25, 0.3) is 0 Å². The maximum atomic E-state index is 13.0. The molecule has 3 aromatic rings. The fraction of sp³-hybridized carbons (Fsp3) is 0.304. The van der Waals surface area contributed by atoms with Gasteiger partial charge in [-0.05, 0) is 70.6 Å². The Labute approximate surface area is 182 Å². The van der Waals surface area contributed by atoms with Gasteiger partial charge in [-0.1, -0.05) is 24.3 Å². The van der Waals surface area contributed by atoms with Crippen LogP contribution in [0.1, 0.15) is 28.3 Å². The van der Waals surface area contributed by atoms with Crippen LogP contribution in [0.15, 0.2) is 64.2 Å². The molecule has 1 aliphatic heterocycles. The van der Waals surface area contributed by atoms with E-state index in [-0.39, 0.29) is 10.9 Å². The number of fused-ring (bicyclic) bond motifs is 1. The van der Waals surface area contributed by atoms with E-state index in [0.717, 1.165) is 25.1 Å². The van der Waals surface area contributed by atoms with E-state index in [1.165, 1.54) is 11.1 Å². The highest BCUT2D eigenvalue weighted by atomic mass is 32.2. The smallest absolute Gasteiger partial charge is 0.240 e. The molecule has 1 atom stereocenters. The minimum absolute atomic E-state index is 0.0158. The van der Waals surface area contributed by atoms with Crippen LogP contribution in [0.4, 0.5) is 0 Å². The van der Waals surface area contributed by atoms with E-state index in [1.54, 1.807) is 43.6 Å². The molecular formula is C23H26N2O3S2. The summed E-state index contributed by atoms with van der Waals surface area (Å²) in [5, 5.41) is 4.15. The van der Waals surface area contributed by atoms with E-state index < -0.39 is 10.0 Å². The molecule has 1 N–H and O–H groups in total. The highest BCUT2D eigenvalue weighted by molar-refractivity contribution is 7.89. The van der Waals surface area contributed by atoms with Gasteiger partial charge in [0.05, 0.1) is 12.0 Å². The number of ether oxygens (including phenoxy) is 1. The lowest BCUT2D eigenvalue weighted by atomic mass is 9.97. The van der Waals surface area contributed by atoms with Gasteiger partial charge in [0.1, 0.15) is 5.75 Å². The molecule has 0 amide bonds. The Kier molecular flexibility index (Phi) is 6.24. The van der Waals surface area contributed by atoms with E-state index in [4.69, 9.17) is 4.74 Å². The van der Waals surface area contributed by atoms with E-state index in [0.29, 0.717) is 17.9 Å². The van der Waals surface area contributed by atoms with Gasteiger partial charge in [0, 0.05) is 25.7 Å². The van der Waals surface area contributed by atoms with E-state index in [9.17, 15) is 8.42 Å². The summed E-state index contributed by atoms with van der Waals surface area (Å²) < 4.78 is 34.1. The van der Waals surface area contributed by atoms with Gasteiger partial charge in [0.15, 0.2) is 0 Å². The van der Waals surface area contributed by atoms with Crippen molar-refractivity contribution in [3.05, 3.63) is 81.5 Å². The summed E-state index contributed by atoms with van der Waals surface area (Å²) in [4.78, 5) is 2.66. The van der Waals surface area contributed by atoms with Crippen molar-refractivity contribution in [3.63, 3.8) is 0 Å². The predicted molar refractivity (Wildman–Crippen MR) is 121 cm³/mol. The Bertz CT molecular complexity index is 1110. The van der Waals surface area contributed by atoms with Gasteiger partial charge < -0.3 is 4.74 Å². The number of aryl methyl sites for hydroxylation is 1. The van der Waals surface area contributed by atoms with Crippen molar-refractivity contribution in [2.75, 3.05) is 20.2 Å². The molecular weight excluding hydrogens is 416 g/mol. The Hall–Kier alpha value is -2.19. The number of nitrogens with zero attached hydrogens (tertiary/aromatic N) is 1. The number of hydrogen-bond donors (Lipinski definition) is 1. The SMILES string of the molecule is COc1ccc(S(=O)(=O)NCC(c2ccsc2)N2CCc3ccccc3C2)c(C)c1. The van der Waals surface area contributed by atoms with Gasteiger partial charge >= 0.3 is 0 Å². The summed E-state index contributed by atoms with van der Waals surface area (Å²) in [7, 11) is -2.06. The van der Waals surface area contributed by atoms with Crippen molar-refractivity contribution in [1.82, 2.24) is 9.62 Å². The van der Waals surface area contributed by atoms with Crippen LogP contribution < -0.4 is 9.46 Å². The number of thiophene rings is 1. The zero-order valence-corrected chi connectivity index (χ0v) is 18.8. The van der Waals surface area contributed by atoms with Gasteiger partial charge in [-0.3, -0.25) is 4.90 Å². The second kappa shape index (κ2) is 8.89. The summed E-state index contributed by atoms with van der Waals surface area (Å²) in [5.41, 5.74) is 4.51. The van der Waals surface area contributed by atoms with E-state index >= 15 is 0 Å².